The van der Waals surface area contributed by atoms with Crippen molar-refractivity contribution in [2.75, 3.05) is 20.8 Å². The predicted octanol–water partition coefficient (Wildman–Crippen LogP) is 4.07. The maximum Gasteiger partial charge on any atom is 0.337 e. The second-order valence-corrected chi connectivity index (χ2v) is 8.42. The van der Waals surface area contributed by atoms with Crippen LogP contribution in [0.15, 0.2) is 65.1 Å². The molecule has 2 aromatic rings. The van der Waals surface area contributed by atoms with Crippen molar-refractivity contribution in [2.45, 2.75) is 46.1 Å². The van der Waals surface area contributed by atoms with Crippen LogP contribution in [0.2, 0.25) is 0 Å². The van der Waals surface area contributed by atoms with E-state index >= 15 is 0 Å². The zero-order valence-corrected chi connectivity index (χ0v) is 21.0. The molecule has 1 unspecified atom stereocenters. The Balaban J connectivity index is 1.85. The molecule has 1 N–H and O–H groups in total. The van der Waals surface area contributed by atoms with Crippen LogP contribution in [-0.4, -0.2) is 43.9 Å². The molecule has 1 aliphatic heterocycles. The average Bonchev–Trinajstić information content (AvgIpc) is 2.83. The van der Waals surface area contributed by atoms with Crippen LogP contribution in [0.1, 0.15) is 44.9 Å². The summed E-state index contributed by atoms with van der Waals surface area (Å²) in [5.41, 5.74) is 3.39. The molecule has 0 bridgehead atoms. The van der Waals surface area contributed by atoms with Gasteiger partial charge in [-0.3, -0.25) is 4.98 Å². The molecule has 2 heterocycles. The Morgan fingerprint density at radius 3 is 2.26 bits per heavy atom. The normalized spacial score (nSPS) is 15.6. The summed E-state index contributed by atoms with van der Waals surface area (Å²) in [6.45, 7) is 7.29. The minimum absolute atomic E-state index is 0.147. The van der Waals surface area contributed by atoms with Gasteiger partial charge in [0.25, 0.3) is 0 Å². The van der Waals surface area contributed by atoms with Crippen molar-refractivity contribution in [3.05, 3.63) is 76.4 Å². The van der Waals surface area contributed by atoms with Crippen LogP contribution in [0.25, 0.3) is 0 Å². The lowest BCUT2D eigenvalue weighted by Crippen LogP contribution is -2.33. The topological polar surface area (TPSA) is 96.0 Å². The van der Waals surface area contributed by atoms with E-state index in [0.29, 0.717) is 46.2 Å². The molecule has 186 valence electrons. The Morgan fingerprint density at radius 1 is 0.971 bits per heavy atom. The summed E-state index contributed by atoms with van der Waals surface area (Å²) in [5, 5.41) is 3.15. The number of nitrogens with one attached hydrogen (secondary N) is 1. The van der Waals surface area contributed by atoms with E-state index < -0.39 is 17.9 Å². The van der Waals surface area contributed by atoms with E-state index in [2.05, 4.69) is 10.3 Å². The summed E-state index contributed by atoms with van der Waals surface area (Å²) in [7, 11) is 3.15. The van der Waals surface area contributed by atoms with Gasteiger partial charge in [0.2, 0.25) is 0 Å². The van der Waals surface area contributed by atoms with Gasteiger partial charge in [-0.15, -0.1) is 0 Å². The fourth-order valence-corrected chi connectivity index (χ4v) is 4.03. The Labute approximate surface area is 205 Å². The lowest BCUT2D eigenvalue weighted by molar-refractivity contribution is -0.143. The van der Waals surface area contributed by atoms with Gasteiger partial charge >= 0.3 is 11.9 Å². The van der Waals surface area contributed by atoms with Crippen LogP contribution in [-0.2, 0) is 25.5 Å². The van der Waals surface area contributed by atoms with Gasteiger partial charge < -0.3 is 24.3 Å². The third-order valence-corrected chi connectivity index (χ3v) is 5.60. The van der Waals surface area contributed by atoms with E-state index in [-0.39, 0.29) is 12.7 Å². The van der Waals surface area contributed by atoms with Gasteiger partial charge in [-0.25, -0.2) is 9.59 Å². The van der Waals surface area contributed by atoms with Crippen LogP contribution in [0.3, 0.4) is 0 Å². The number of benzene rings is 1. The van der Waals surface area contributed by atoms with Crippen molar-refractivity contribution in [2.24, 2.45) is 0 Å². The fraction of sp³-hybridized carbons (Fsp3) is 0.370. The quantitative estimate of drug-likeness (QED) is 0.537. The highest BCUT2D eigenvalue weighted by Gasteiger charge is 2.39. The van der Waals surface area contributed by atoms with Crippen molar-refractivity contribution in [1.29, 1.82) is 0 Å². The largest absolute Gasteiger partial charge is 0.493 e. The molecular weight excluding hydrogens is 448 g/mol. The number of hydrogen-bond acceptors (Lipinski definition) is 8. The molecule has 1 aromatic heterocycles. The van der Waals surface area contributed by atoms with Crippen LogP contribution >= 0.6 is 0 Å². The first-order chi connectivity index (χ1) is 16.8. The second kappa shape index (κ2) is 11.6. The highest BCUT2D eigenvalue weighted by Crippen LogP contribution is 2.38. The van der Waals surface area contributed by atoms with Crippen molar-refractivity contribution < 1.29 is 28.5 Å². The molecule has 0 fully saturated rings. The van der Waals surface area contributed by atoms with E-state index in [1.165, 1.54) is 0 Å². The van der Waals surface area contributed by atoms with Gasteiger partial charge in [0.05, 0.1) is 49.7 Å². The SMILES string of the molecule is COc1ccc(CCOC(=O)C2=C(C)NC(C)=C(C(=O)OC(C)C)C2c2ccccn2)cc1OC. The van der Waals surface area contributed by atoms with E-state index in [1.807, 2.05) is 24.3 Å². The van der Waals surface area contributed by atoms with Gasteiger partial charge in [0.1, 0.15) is 0 Å². The molecule has 0 spiro atoms. The molecule has 0 saturated heterocycles. The Morgan fingerprint density at radius 2 is 1.66 bits per heavy atom. The number of hydrogen-bond donors (Lipinski definition) is 1. The van der Waals surface area contributed by atoms with E-state index in [9.17, 15) is 9.59 Å². The van der Waals surface area contributed by atoms with Crippen molar-refractivity contribution in [1.82, 2.24) is 10.3 Å². The Bertz CT molecular complexity index is 1140. The van der Waals surface area contributed by atoms with Crippen LogP contribution in [0, 0.1) is 0 Å². The lowest BCUT2D eigenvalue weighted by atomic mass is 9.82. The first-order valence-electron chi connectivity index (χ1n) is 11.4. The van der Waals surface area contributed by atoms with Gasteiger partial charge in [-0.1, -0.05) is 12.1 Å². The minimum Gasteiger partial charge on any atom is -0.493 e. The van der Waals surface area contributed by atoms with Gasteiger partial charge in [-0.05, 0) is 57.5 Å². The summed E-state index contributed by atoms with van der Waals surface area (Å²) in [4.78, 5) is 30.8. The van der Waals surface area contributed by atoms with Crippen molar-refractivity contribution in [3.8, 4) is 11.5 Å². The molecule has 1 atom stereocenters. The van der Waals surface area contributed by atoms with E-state index in [4.69, 9.17) is 18.9 Å². The molecule has 0 radical (unpaired) electrons. The summed E-state index contributed by atoms with van der Waals surface area (Å²) < 4.78 is 21.8. The number of pyridine rings is 1. The molecule has 3 rings (SSSR count). The third kappa shape index (κ3) is 6.01. The number of allylic oxidation sites excluding steroid dienone is 2. The summed E-state index contributed by atoms with van der Waals surface area (Å²) >= 11 is 0. The first kappa shape index (κ1) is 25.8. The number of carbonyl (C=O) groups is 2. The van der Waals surface area contributed by atoms with Gasteiger partial charge in [0.15, 0.2) is 11.5 Å². The number of aromatic nitrogens is 1. The van der Waals surface area contributed by atoms with E-state index in [0.717, 1.165) is 5.56 Å². The Hall–Kier alpha value is -3.81. The molecule has 0 aliphatic carbocycles. The molecule has 35 heavy (non-hydrogen) atoms. The number of rotatable bonds is 9. The average molecular weight is 481 g/mol. The van der Waals surface area contributed by atoms with Crippen LogP contribution in [0.5, 0.6) is 11.5 Å². The third-order valence-electron chi connectivity index (χ3n) is 5.60. The number of methoxy groups -OCH3 is 2. The highest BCUT2D eigenvalue weighted by atomic mass is 16.5. The Kier molecular flexibility index (Phi) is 8.52. The predicted molar refractivity (Wildman–Crippen MR) is 131 cm³/mol. The molecule has 0 saturated carbocycles. The number of ether oxygens (including phenoxy) is 4. The van der Waals surface area contributed by atoms with E-state index in [1.54, 1.807) is 60.2 Å². The molecule has 1 aromatic carbocycles. The number of nitrogens with zero attached hydrogens (tertiary/aromatic N) is 1. The standard InChI is InChI=1S/C27H32N2O6/c1-16(2)35-27(31)24-18(4)29-17(3)23(25(24)20-9-7-8-13-28-20)26(30)34-14-12-19-10-11-21(32-5)22(15-19)33-6/h7-11,13,15-16,25,29H,12,14H2,1-6H3. The fourth-order valence-electron chi connectivity index (χ4n) is 4.03. The molecule has 8 nitrogen and oxygen atoms in total. The maximum atomic E-state index is 13.3. The maximum absolute atomic E-state index is 13.3. The summed E-state index contributed by atoms with van der Waals surface area (Å²) in [6.07, 6.45) is 1.81. The number of esters is 2. The van der Waals surface area contributed by atoms with Crippen molar-refractivity contribution in [3.63, 3.8) is 0 Å². The second-order valence-electron chi connectivity index (χ2n) is 8.42. The van der Waals surface area contributed by atoms with Gasteiger partial charge in [-0.2, -0.15) is 0 Å². The molecule has 0 amide bonds. The highest BCUT2D eigenvalue weighted by molar-refractivity contribution is 5.99. The molecule has 8 heteroatoms. The molecular formula is C27H32N2O6. The monoisotopic (exact) mass is 480 g/mol. The van der Waals surface area contributed by atoms with Crippen molar-refractivity contribution >= 4 is 11.9 Å². The summed E-state index contributed by atoms with van der Waals surface area (Å²) in [6, 6.07) is 10.9. The van der Waals surface area contributed by atoms with Gasteiger partial charge in [0, 0.05) is 24.0 Å². The zero-order valence-electron chi connectivity index (χ0n) is 21.0. The minimum atomic E-state index is -0.711. The lowest BCUT2D eigenvalue weighted by Gasteiger charge is -2.30. The van der Waals surface area contributed by atoms with Crippen LogP contribution in [0.4, 0.5) is 0 Å². The number of carbonyl (C=O) groups excluding carboxylic acids is 2. The summed E-state index contributed by atoms with van der Waals surface area (Å²) in [5.74, 6) is -0.492. The first-order valence-corrected chi connectivity index (χ1v) is 11.4. The zero-order chi connectivity index (χ0) is 25.5. The van der Waals surface area contributed by atoms with Crippen LogP contribution < -0.4 is 14.8 Å². The number of dihydropyridines is 1. The molecule has 1 aliphatic rings. The smallest absolute Gasteiger partial charge is 0.337 e.